The SMILES string of the molecule is O=c1[nH]c2ccccc2c(O)c1-c1nc(-c2ccccc2Br)no1. The summed E-state index contributed by atoms with van der Waals surface area (Å²) in [5.41, 5.74) is 0.728. The maximum absolute atomic E-state index is 12.3. The van der Waals surface area contributed by atoms with Gasteiger partial charge >= 0.3 is 0 Å². The van der Waals surface area contributed by atoms with Crippen LogP contribution in [0.25, 0.3) is 33.7 Å². The van der Waals surface area contributed by atoms with Gasteiger partial charge in [0.1, 0.15) is 11.3 Å². The number of aromatic amines is 1. The molecule has 6 nitrogen and oxygen atoms in total. The number of H-pyrrole nitrogens is 1. The third-order valence-electron chi connectivity index (χ3n) is 3.65. The molecule has 4 rings (SSSR count). The lowest BCUT2D eigenvalue weighted by atomic mass is 10.1. The second-order valence-corrected chi connectivity index (χ2v) is 5.98. The van der Waals surface area contributed by atoms with Crippen LogP contribution >= 0.6 is 15.9 Å². The average Bonchev–Trinajstić information content (AvgIpc) is 3.04. The van der Waals surface area contributed by atoms with E-state index in [0.29, 0.717) is 16.7 Å². The fourth-order valence-corrected chi connectivity index (χ4v) is 2.96. The molecule has 0 unspecified atom stereocenters. The van der Waals surface area contributed by atoms with E-state index in [9.17, 15) is 9.90 Å². The van der Waals surface area contributed by atoms with E-state index in [-0.39, 0.29) is 17.2 Å². The van der Waals surface area contributed by atoms with Crippen LogP contribution in [-0.4, -0.2) is 20.2 Å². The van der Waals surface area contributed by atoms with E-state index in [0.717, 1.165) is 10.0 Å². The van der Waals surface area contributed by atoms with Crippen molar-refractivity contribution in [3.63, 3.8) is 0 Å². The molecule has 118 valence electrons. The topological polar surface area (TPSA) is 92.0 Å². The molecule has 0 spiro atoms. The van der Waals surface area contributed by atoms with Crippen molar-refractivity contribution in [2.75, 3.05) is 0 Å². The highest BCUT2D eigenvalue weighted by Gasteiger charge is 2.20. The lowest BCUT2D eigenvalue weighted by Gasteiger charge is -2.03. The molecule has 0 aliphatic heterocycles. The smallest absolute Gasteiger partial charge is 0.267 e. The number of para-hydroxylation sites is 1. The van der Waals surface area contributed by atoms with E-state index >= 15 is 0 Å². The molecule has 2 aromatic carbocycles. The summed E-state index contributed by atoms with van der Waals surface area (Å²) in [5.74, 6) is 0.103. The number of aromatic hydroxyl groups is 1. The minimum absolute atomic E-state index is 0.0368. The van der Waals surface area contributed by atoms with Gasteiger partial charge in [-0.2, -0.15) is 4.98 Å². The second kappa shape index (κ2) is 5.61. The summed E-state index contributed by atoms with van der Waals surface area (Å²) in [6.07, 6.45) is 0. The van der Waals surface area contributed by atoms with Gasteiger partial charge in [0.2, 0.25) is 5.82 Å². The molecule has 0 saturated heterocycles. The number of aromatic nitrogens is 3. The van der Waals surface area contributed by atoms with Crippen molar-refractivity contribution < 1.29 is 9.63 Å². The molecule has 0 bridgehead atoms. The molecule has 4 aromatic rings. The van der Waals surface area contributed by atoms with Gasteiger partial charge in [-0.1, -0.05) is 45.4 Å². The van der Waals surface area contributed by atoms with Crippen molar-refractivity contribution in [1.29, 1.82) is 0 Å². The quantitative estimate of drug-likeness (QED) is 0.550. The third kappa shape index (κ3) is 2.30. The molecule has 0 atom stereocenters. The van der Waals surface area contributed by atoms with Crippen molar-refractivity contribution >= 4 is 26.8 Å². The molecule has 0 saturated carbocycles. The van der Waals surface area contributed by atoms with E-state index in [1.54, 1.807) is 24.3 Å². The van der Waals surface area contributed by atoms with E-state index in [4.69, 9.17) is 4.52 Å². The van der Waals surface area contributed by atoms with Crippen molar-refractivity contribution in [2.24, 2.45) is 0 Å². The van der Waals surface area contributed by atoms with E-state index in [2.05, 4.69) is 31.1 Å². The number of fused-ring (bicyclic) bond motifs is 1. The first kappa shape index (κ1) is 14.6. The lowest BCUT2D eigenvalue weighted by molar-refractivity contribution is 0.426. The van der Waals surface area contributed by atoms with Gasteiger partial charge in [0, 0.05) is 15.4 Å². The van der Waals surface area contributed by atoms with Crippen LogP contribution < -0.4 is 5.56 Å². The molecular formula is C17H10BrN3O3. The highest BCUT2D eigenvalue weighted by molar-refractivity contribution is 9.10. The van der Waals surface area contributed by atoms with Gasteiger partial charge in [-0.25, -0.2) is 0 Å². The molecule has 24 heavy (non-hydrogen) atoms. The minimum atomic E-state index is -0.492. The molecule has 0 radical (unpaired) electrons. The van der Waals surface area contributed by atoms with Crippen molar-refractivity contribution in [3.8, 4) is 28.6 Å². The summed E-state index contributed by atoms with van der Waals surface area (Å²) in [5, 5.41) is 14.9. The van der Waals surface area contributed by atoms with Crippen LogP contribution in [0.1, 0.15) is 0 Å². The zero-order valence-electron chi connectivity index (χ0n) is 12.2. The molecule has 0 aliphatic rings. The van der Waals surface area contributed by atoms with Gasteiger partial charge in [0.15, 0.2) is 0 Å². The Morgan fingerprint density at radius 2 is 1.83 bits per heavy atom. The first-order valence-electron chi connectivity index (χ1n) is 7.08. The number of nitrogens with one attached hydrogen (secondary N) is 1. The van der Waals surface area contributed by atoms with Crippen LogP contribution in [0.15, 0.2) is 62.3 Å². The molecule has 2 heterocycles. The first-order valence-corrected chi connectivity index (χ1v) is 7.87. The Morgan fingerprint density at radius 3 is 2.67 bits per heavy atom. The summed E-state index contributed by atoms with van der Waals surface area (Å²) in [6.45, 7) is 0. The van der Waals surface area contributed by atoms with E-state index in [1.165, 1.54) is 0 Å². The standard InChI is InChI=1S/C17H10BrN3O3/c18-11-7-3-1-5-9(11)15-20-17(24-21-15)13-14(22)10-6-2-4-8-12(10)19-16(13)23/h1-8H,(H2,19,22,23). The van der Waals surface area contributed by atoms with Gasteiger partial charge in [-0.05, 0) is 24.3 Å². The number of rotatable bonds is 2. The molecule has 0 aliphatic carbocycles. The predicted molar refractivity (Wildman–Crippen MR) is 92.7 cm³/mol. The van der Waals surface area contributed by atoms with Crippen LogP contribution in [0, 0.1) is 0 Å². The van der Waals surface area contributed by atoms with Crippen LogP contribution in [0.3, 0.4) is 0 Å². The number of hydrogen-bond acceptors (Lipinski definition) is 5. The number of halogens is 1. The number of pyridine rings is 1. The summed E-state index contributed by atoms with van der Waals surface area (Å²) in [6, 6.07) is 14.3. The lowest BCUT2D eigenvalue weighted by Crippen LogP contribution is -2.09. The Hall–Kier alpha value is -2.93. The summed E-state index contributed by atoms with van der Waals surface area (Å²) >= 11 is 3.42. The van der Waals surface area contributed by atoms with Crippen molar-refractivity contribution in [2.45, 2.75) is 0 Å². The number of hydrogen-bond donors (Lipinski definition) is 2. The summed E-state index contributed by atoms with van der Waals surface area (Å²) in [7, 11) is 0. The average molecular weight is 384 g/mol. The largest absolute Gasteiger partial charge is 0.506 e. The van der Waals surface area contributed by atoms with E-state index in [1.807, 2.05) is 24.3 Å². The maximum atomic E-state index is 12.3. The molecular weight excluding hydrogens is 374 g/mol. The normalized spacial score (nSPS) is 11.0. The molecule has 7 heteroatoms. The minimum Gasteiger partial charge on any atom is -0.506 e. The highest BCUT2D eigenvalue weighted by Crippen LogP contribution is 2.33. The van der Waals surface area contributed by atoms with Crippen LogP contribution in [-0.2, 0) is 0 Å². The molecule has 2 N–H and O–H groups in total. The maximum Gasteiger partial charge on any atom is 0.267 e. The Kier molecular flexibility index (Phi) is 3.42. The van der Waals surface area contributed by atoms with Crippen LogP contribution in [0.4, 0.5) is 0 Å². The zero-order chi connectivity index (χ0) is 16.7. The van der Waals surface area contributed by atoms with Gasteiger partial charge in [0.25, 0.3) is 11.4 Å². The Labute approximate surface area is 143 Å². The number of benzene rings is 2. The first-order chi connectivity index (χ1) is 11.6. The van der Waals surface area contributed by atoms with Gasteiger partial charge < -0.3 is 14.6 Å². The Balaban J connectivity index is 1.91. The molecule has 0 amide bonds. The fourth-order valence-electron chi connectivity index (χ4n) is 2.50. The molecule has 2 aromatic heterocycles. The molecule has 0 fully saturated rings. The summed E-state index contributed by atoms with van der Waals surface area (Å²) in [4.78, 5) is 19.3. The Morgan fingerprint density at radius 1 is 1.08 bits per heavy atom. The zero-order valence-corrected chi connectivity index (χ0v) is 13.7. The fraction of sp³-hybridized carbons (Fsp3) is 0. The van der Waals surface area contributed by atoms with Gasteiger partial charge in [0.05, 0.1) is 5.52 Å². The summed E-state index contributed by atoms with van der Waals surface area (Å²) < 4.78 is 6.01. The van der Waals surface area contributed by atoms with Crippen molar-refractivity contribution in [3.05, 3.63) is 63.4 Å². The van der Waals surface area contributed by atoms with Crippen LogP contribution in [0.5, 0.6) is 5.75 Å². The van der Waals surface area contributed by atoms with Gasteiger partial charge in [-0.15, -0.1) is 0 Å². The van der Waals surface area contributed by atoms with Crippen molar-refractivity contribution in [1.82, 2.24) is 15.1 Å². The third-order valence-corrected chi connectivity index (χ3v) is 4.34. The Bertz CT molecular complexity index is 1120. The second-order valence-electron chi connectivity index (χ2n) is 5.13. The van der Waals surface area contributed by atoms with E-state index < -0.39 is 5.56 Å². The van der Waals surface area contributed by atoms with Crippen LogP contribution in [0.2, 0.25) is 0 Å². The van der Waals surface area contributed by atoms with Gasteiger partial charge in [-0.3, -0.25) is 4.79 Å². The highest BCUT2D eigenvalue weighted by atomic mass is 79.9. The monoisotopic (exact) mass is 383 g/mol. The number of nitrogens with zero attached hydrogens (tertiary/aromatic N) is 2. The predicted octanol–water partition coefficient (Wildman–Crippen LogP) is 3.71.